The summed E-state index contributed by atoms with van der Waals surface area (Å²) in [5, 5.41) is 3.44. The van der Waals surface area contributed by atoms with E-state index in [0.29, 0.717) is 39.0 Å². The zero-order valence-corrected chi connectivity index (χ0v) is 32.5. The summed E-state index contributed by atoms with van der Waals surface area (Å²) in [4.78, 5) is 28.0. The Morgan fingerprint density at radius 3 is 1.80 bits per heavy atom. The lowest BCUT2D eigenvalue weighted by Crippen LogP contribution is -2.60. The molecule has 4 aliphatic heterocycles. The van der Waals surface area contributed by atoms with Crippen molar-refractivity contribution in [1.82, 2.24) is 39.1 Å². The van der Waals surface area contributed by atoms with Gasteiger partial charge in [-0.3, -0.25) is 9.80 Å². The van der Waals surface area contributed by atoms with Gasteiger partial charge >= 0.3 is 6.09 Å². The molecule has 14 heteroatoms. The molecule has 296 valence electrons. The van der Waals surface area contributed by atoms with Crippen molar-refractivity contribution >= 4 is 6.09 Å². The molecule has 4 fully saturated rings. The molecule has 55 heavy (non-hydrogen) atoms. The Balaban J connectivity index is 0.000000174. The summed E-state index contributed by atoms with van der Waals surface area (Å²) in [6.07, 6.45) is 7.25. The monoisotopic (exact) mass is 760 g/mol. The number of amides is 1. The first kappa shape index (κ1) is 39.0. The predicted octanol–water partition coefficient (Wildman–Crippen LogP) is 5.60. The molecule has 0 radical (unpaired) electrons. The maximum atomic E-state index is 13.3. The van der Waals surface area contributed by atoms with Gasteiger partial charge in [0.05, 0.1) is 80.7 Å². The SMILES string of the molecule is C[C@H](c1ccc(F)cc1)n1cncc1C1COCC2CN(C(=O)OC(C)(C)C)CCN21.C[C@H](c1ccc(F)cc1)n1cncc1C1COCC2CNCCN21. The summed E-state index contributed by atoms with van der Waals surface area (Å²) < 4.78 is 48.2. The second kappa shape index (κ2) is 16.9. The van der Waals surface area contributed by atoms with Crippen LogP contribution in [0.15, 0.2) is 73.6 Å². The standard InChI is InChI=1S/C23H31FN4O3.C18H23FN4O/c1-16(17-5-7-18(24)8-6-17)28-15-25-11-20(28)21-14-30-13-19-12-26(9-10-27(19)21)22(29)31-23(2,3)4;1-13(14-2-4-15(19)5-3-14)23-12-21-9-17(23)18-11-24-10-16-8-20-6-7-22(16)18/h5-8,11,15-16,19,21H,9-10,12-14H2,1-4H3;2-5,9,12-13,16,18,20H,6-8,10-11H2,1H3/t16-,19?,21?;13-,16?,18?/m11/s1. The van der Waals surface area contributed by atoms with Gasteiger partial charge in [0.15, 0.2) is 0 Å². The third kappa shape index (κ3) is 8.94. The highest BCUT2D eigenvalue weighted by atomic mass is 19.1. The molecule has 8 rings (SSSR count). The lowest BCUT2D eigenvalue weighted by atomic mass is 10.0. The molecule has 4 aromatic rings. The number of halogens is 2. The van der Waals surface area contributed by atoms with Crippen molar-refractivity contribution < 1.29 is 27.8 Å². The van der Waals surface area contributed by atoms with Gasteiger partial charge in [-0.2, -0.15) is 0 Å². The van der Waals surface area contributed by atoms with Gasteiger partial charge < -0.3 is 33.6 Å². The van der Waals surface area contributed by atoms with Crippen LogP contribution in [0.5, 0.6) is 0 Å². The van der Waals surface area contributed by atoms with E-state index in [2.05, 4.69) is 48.1 Å². The minimum absolute atomic E-state index is 0.0153. The predicted molar refractivity (Wildman–Crippen MR) is 204 cm³/mol. The van der Waals surface area contributed by atoms with Gasteiger partial charge in [-0.15, -0.1) is 0 Å². The molecular formula is C41H54F2N8O4. The van der Waals surface area contributed by atoms with Gasteiger partial charge in [0.2, 0.25) is 0 Å². The van der Waals surface area contributed by atoms with E-state index in [9.17, 15) is 13.6 Å². The maximum absolute atomic E-state index is 13.3. The number of benzene rings is 2. The molecule has 6 atom stereocenters. The van der Waals surface area contributed by atoms with Gasteiger partial charge in [-0.25, -0.2) is 23.5 Å². The number of rotatable bonds is 6. The third-order valence-electron chi connectivity index (χ3n) is 11.2. The fourth-order valence-corrected chi connectivity index (χ4v) is 8.19. The fraction of sp³-hybridized carbons (Fsp3) is 0.537. The lowest BCUT2D eigenvalue weighted by Gasteiger charge is -2.48. The van der Waals surface area contributed by atoms with Gasteiger partial charge in [-0.1, -0.05) is 24.3 Å². The third-order valence-corrected chi connectivity index (χ3v) is 11.2. The number of aromatic nitrogens is 4. The molecule has 0 aliphatic carbocycles. The Labute approximate surface area is 322 Å². The van der Waals surface area contributed by atoms with E-state index in [1.165, 1.54) is 30.0 Å². The van der Waals surface area contributed by atoms with Crippen molar-refractivity contribution in [2.45, 2.75) is 76.5 Å². The van der Waals surface area contributed by atoms with Gasteiger partial charge in [0.1, 0.15) is 17.2 Å². The summed E-state index contributed by atoms with van der Waals surface area (Å²) in [5.41, 5.74) is 3.81. The smallest absolute Gasteiger partial charge is 0.410 e. The first-order valence-electron chi connectivity index (χ1n) is 19.4. The van der Waals surface area contributed by atoms with Crippen LogP contribution in [0.4, 0.5) is 13.6 Å². The van der Waals surface area contributed by atoms with E-state index in [0.717, 1.165) is 49.6 Å². The normalized spacial score (nSPS) is 24.5. The molecule has 4 saturated heterocycles. The molecular weight excluding hydrogens is 706 g/mol. The molecule has 2 aromatic heterocycles. The first-order chi connectivity index (χ1) is 26.5. The molecule has 12 nitrogen and oxygen atoms in total. The number of ether oxygens (including phenoxy) is 3. The summed E-state index contributed by atoms with van der Waals surface area (Å²) in [5.74, 6) is -0.450. The molecule has 6 heterocycles. The molecule has 1 N–H and O–H groups in total. The number of hydrogen-bond acceptors (Lipinski definition) is 9. The van der Waals surface area contributed by atoms with E-state index < -0.39 is 5.60 Å². The number of piperazine rings is 2. The first-order valence-corrected chi connectivity index (χ1v) is 19.4. The van der Waals surface area contributed by atoms with Crippen LogP contribution in [-0.4, -0.2) is 123 Å². The zero-order valence-electron chi connectivity index (χ0n) is 32.5. The van der Waals surface area contributed by atoms with E-state index in [1.807, 2.05) is 70.1 Å². The number of nitrogens with zero attached hydrogens (tertiary/aromatic N) is 7. The van der Waals surface area contributed by atoms with Crippen LogP contribution in [-0.2, 0) is 14.2 Å². The molecule has 2 aromatic carbocycles. The van der Waals surface area contributed by atoms with E-state index in [4.69, 9.17) is 14.2 Å². The topological polar surface area (TPSA) is 102 Å². The second-order valence-corrected chi connectivity index (χ2v) is 15.9. The minimum atomic E-state index is -0.511. The number of morpholine rings is 2. The fourth-order valence-electron chi connectivity index (χ4n) is 8.19. The van der Waals surface area contributed by atoms with Crippen molar-refractivity contribution in [2.24, 2.45) is 0 Å². The summed E-state index contributed by atoms with van der Waals surface area (Å²) in [7, 11) is 0. The number of imidazole rings is 2. The van der Waals surface area contributed by atoms with E-state index in [1.54, 1.807) is 4.90 Å². The number of carbonyl (C=O) groups is 1. The molecule has 4 aliphatic rings. The highest BCUT2D eigenvalue weighted by Gasteiger charge is 2.40. The number of fused-ring (bicyclic) bond motifs is 2. The maximum Gasteiger partial charge on any atom is 0.410 e. The van der Waals surface area contributed by atoms with Crippen molar-refractivity contribution in [3.05, 3.63) is 108 Å². The quantitative estimate of drug-likeness (QED) is 0.269. The van der Waals surface area contributed by atoms with E-state index >= 15 is 0 Å². The molecule has 1 amide bonds. The average molecular weight is 761 g/mol. The van der Waals surface area contributed by atoms with Crippen LogP contribution in [0.1, 0.15) is 81.3 Å². The zero-order chi connectivity index (χ0) is 38.7. The summed E-state index contributed by atoms with van der Waals surface area (Å²) >= 11 is 0. The van der Waals surface area contributed by atoms with Gasteiger partial charge in [0, 0.05) is 57.7 Å². The van der Waals surface area contributed by atoms with Crippen molar-refractivity contribution in [1.29, 1.82) is 0 Å². The average Bonchev–Trinajstić information content (AvgIpc) is 3.88. The Morgan fingerprint density at radius 1 is 0.764 bits per heavy atom. The minimum Gasteiger partial charge on any atom is -0.444 e. The molecule has 0 spiro atoms. The van der Waals surface area contributed by atoms with Crippen LogP contribution in [0.3, 0.4) is 0 Å². The van der Waals surface area contributed by atoms with Crippen molar-refractivity contribution in [3.8, 4) is 0 Å². The summed E-state index contributed by atoms with van der Waals surface area (Å²) in [6, 6.07) is 14.2. The van der Waals surface area contributed by atoms with Crippen LogP contribution in [0, 0.1) is 11.6 Å². The van der Waals surface area contributed by atoms with Crippen LogP contribution in [0.2, 0.25) is 0 Å². The molecule has 0 saturated carbocycles. The Hall–Kier alpha value is -4.21. The van der Waals surface area contributed by atoms with E-state index in [-0.39, 0.29) is 47.9 Å². The van der Waals surface area contributed by atoms with Gasteiger partial charge in [-0.05, 0) is 70.0 Å². The number of hydrogen-bond donors (Lipinski definition) is 1. The summed E-state index contributed by atoms with van der Waals surface area (Å²) in [6.45, 7) is 17.4. The highest BCUT2D eigenvalue weighted by molar-refractivity contribution is 5.68. The van der Waals surface area contributed by atoms with Gasteiger partial charge in [0.25, 0.3) is 0 Å². The highest BCUT2D eigenvalue weighted by Crippen LogP contribution is 2.34. The Kier molecular flexibility index (Phi) is 12.0. The second-order valence-electron chi connectivity index (χ2n) is 15.9. The number of nitrogens with one attached hydrogen (secondary N) is 1. The Bertz CT molecular complexity index is 1860. The van der Waals surface area contributed by atoms with Crippen LogP contribution in [0.25, 0.3) is 0 Å². The lowest BCUT2D eigenvalue weighted by molar-refractivity contribution is -0.0852. The van der Waals surface area contributed by atoms with Crippen molar-refractivity contribution in [3.63, 3.8) is 0 Å². The van der Waals surface area contributed by atoms with Crippen molar-refractivity contribution in [2.75, 3.05) is 65.7 Å². The molecule has 0 bridgehead atoms. The molecule has 4 unspecified atom stereocenters. The Morgan fingerprint density at radius 2 is 1.27 bits per heavy atom. The number of carbonyl (C=O) groups excluding carboxylic acids is 1. The van der Waals surface area contributed by atoms with Crippen LogP contribution < -0.4 is 5.32 Å². The van der Waals surface area contributed by atoms with Crippen LogP contribution >= 0.6 is 0 Å². The largest absolute Gasteiger partial charge is 0.444 e.